The molecule has 2 rings (SSSR count). The maximum atomic E-state index is 4.47. The van der Waals surface area contributed by atoms with Gasteiger partial charge in [-0.15, -0.1) is 0 Å². The summed E-state index contributed by atoms with van der Waals surface area (Å²) in [6.45, 7) is 4.27. The second kappa shape index (κ2) is 4.38. The lowest BCUT2D eigenvalue weighted by atomic mass is 10.2. The number of fused-ring (bicyclic) bond motifs is 1. The average molecular weight is 219 g/mol. The molecule has 5 nitrogen and oxygen atoms in total. The summed E-state index contributed by atoms with van der Waals surface area (Å²) in [7, 11) is 1.86. The Morgan fingerprint density at radius 1 is 1.50 bits per heavy atom. The average Bonchev–Trinajstić information content (AvgIpc) is 2.76. The third-order valence-corrected chi connectivity index (χ3v) is 2.63. The standard InChI is InChI=1S/C11H17N5/c1-4-8(2)14-10-11-13-5-6-16(11)7-9(12-3)15-10/h5-8,12H,4H2,1-3H3,(H,14,15). The molecule has 1 atom stereocenters. The largest absolute Gasteiger partial charge is 0.372 e. The van der Waals surface area contributed by atoms with Crippen molar-refractivity contribution in [3.05, 3.63) is 18.6 Å². The molecule has 16 heavy (non-hydrogen) atoms. The Morgan fingerprint density at radius 3 is 3.00 bits per heavy atom. The van der Waals surface area contributed by atoms with E-state index in [-0.39, 0.29) is 0 Å². The minimum atomic E-state index is 0.389. The molecule has 0 bridgehead atoms. The van der Waals surface area contributed by atoms with E-state index in [0.717, 1.165) is 23.7 Å². The predicted octanol–water partition coefficient (Wildman–Crippen LogP) is 1.98. The van der Waals surface area contributed by atoms with Crippen LogP contribution in [-0.4, -0.2) is 27.5 Å². The smallest absolute Gasteiger partial charge is 0.180 e. The molecule has 2 N–H and O–H groups in total. The summed E-state index contributed by atoms with van der Waals surface area (Å²) in [6, 6.07) is 0.389. The highest BCUT2D eigenvalue weighted by Crippen LogP contribution is 2.17. The van der Waals surface area contributed by atoms with Crippen LogP contribution in [0.25, 0.3) is 5.65 Å². The Morgan fingerprint density at radius 2 is 2.31 bits per heavy atom. The van der Waals surface area contributed by atoms with Crippen molar-refractivity contribution >= 4 is 17.3 Å². The van der Waals surface area contributed by atoms with E-state index in [1.54, 1.807) is 6.20 Å². The van der Waals surface area contributed by atoms with Crippen molar-refractivity contribution in [2.24, 2.45) is 0 Å². The molecule has 0 amide bonds. The zero-order valence-corrected chi connectivity index (χ0v) is 9.86. The van der Waals surface area contributed by atoms with Gasteiger partial charge in [-0.25, -0.2) is 9.97 Å². The minimum absolute atomic E-state index is 0.389. The van der Waals surface area contributed by atoms with E-state index in [1.165, 1.54) is 0 Å². The van der Waals surface area contributed by atoms with Crippen LogP contribution in [0.2, 0.25) is 0 Å². The third-order valence-electron chi connectivity index (χ3n) is 2.63. The van der Waals surface area contributed by atoms with Crippen LogP contribution in [0.15, 0.2) is 18.6 Å². The molecule has 0 fully saturated rings. The number of nitrogens with one attached hydrogen (secondary N) is 2. The van der Waals surface area contributed by atoms with Crippen molar-refractivity contribution in [3.8, 4) is 0 Å². The molecule has 2 heterocycles. The van der Waals surface area contributed by atoms with Gasteiger partial charge in [0, 0.05) is 25.5 Å². The van der Waals surface area contributed by atoms with Crippen molar-refractivity contribution in [2.45, 2.75) is 26.3 Å². The van der Waals surface area contributed by atoms with E-state index >= 15 is 0 Å². The maximum Gasteiger partial charge on any atom is 0.180 e. The highest BCUT2D eigenvalue weighted by Gasteiger charge is 2.08. The van der Waals surface area contributed by atoms with Gasteiger partial charge in [0.05, 0.1) is 6.20 Å². The monoisotopic (exact) mass is 219 g/mol. The first-order valence-corrected chi connectivity index (χ1v) is 5.52. The van der Waals surface area contributed by atoms with Crippen LogP contribution in [0.1, 0.15) is 20.3 Å². The fourth-order valence-electron chi connectivity index (χ4n) is 1.48. The lowest BCUT2D eigenvalue weighted by Gasteiger charge is -2.13. The Bertz CT molecular complexity index is 476. The molecule has 0 saturated heterocycles. The normalized spacial score (nSPS) is 12.7. The summed E-state index contributed by atoms with van der Waals surface area (Å²) in [5.41, 5.74) is 0.860. The predicted molar refractivity (Wildman–Crippen MR) is 65.9 cm³/mol. The van der Waals surface area contributed by atoms with Gasteiger partial charge >= 0.3 is 0 Å². The molecule has 2 aromatic rings. The number of rotatable bonds is 4. The Balaban J connectivity index is 2.44. The second-order valence-corrected chi connectivity index (χ2v) is 3.84. The van der Waals surface area contributed by atoms with E-state index < -0.39 is 0 Å². The zero-order chi connectivity index (χ0) is 11.5. The van der Waals surface area contributed by atoms with E-state index in [4.69, 9.17) is 0 Å². The molecule has 5 heteroatoms. The lowest BCUT2D eigenvalue weighted by molar-refractivity contribution is 0.759. The maximum absolute atomic E-state index is 4.47. The highest BCUT2D eigenvalue weighted by atomic mass is 15.1. The van der Waals surface area contributed by atoms with Gasteiger partial charge in [0.1, 0.15) is 5.82 Å². The molecule has 0 radical (unpaired) electrons. The number of aromatic nitrogens is 3. The quantitative estimate of drug-likeness (QED) is 0.825. The molecular weight excluding hydrogens is 202 g/mol. The summed E-state index contributed by atoms with van der Waals surface area (Å²) < 4.78 is 1.96. The van der Waals surface area contributed by atoms with Crippen LogP contribution in [0.4, 0.5) is 11.6 Å². The Labute approximate surface area is 94.9 Å². The highest BCUT2D eigenvalue weighted by molar-refractivity contribution is 5.65. The first kappa shape index (κ1) is 10.7. The topological polar surface area (TPSA) is 54.2 Å². The molecule has 0 saturated carbocycles. The minimum Gasteiger partial charge on any atom is -0.372 e. The Kier molecular flexibility index (Phi) is 2.94. The van der Waals surface area contributed by atoms with Crippen molar-refractivity contribution in [3.63, 3.8) is 0 Å². The van der Waals surface area contributed by atoms with E-state index in [1.807, 2.05) is 23.8 Å². The summed E-state index contributed by atoms with van der Waals surface area (Å²) in [4.78, 5) is 8.77. The second-order valence-electron chi connectivity index (χ2n) is 3.84. The van der Waals surface area contributed by atoms with Gasteiger partial charge < -0.3 is 15.0 Å². The van der Waals surface area contributed by atoms with Crippen molar-refractivity contribution in [1.29, 1.82) is 0 Å². The number of anilines is 2. The van der Waals surface area contributed by atoms with Crippen molar-refractivity contribution in [1.82, 2.24) is 14.4 Å². The van der Waals surface area contributed by atoms with Crippen molar-refractivity contribution < 1.29 is 0 Å². The molecule has 0 spiro atoms. The molecule has 0 aliphatic carbocycles. The molecule has 2 aromatic heterocycles. The van der Waals surface area contributed by atoms with Crippen LogP contribution in [0, 0.1) is 0 Å². The first-order chi connectivity index (χ1) is 7.74. The number of imidazole rings is 1. The molecular formula is C11H17N5. The van der Waals surface area contributed by atoms with Gasteiger partial charge in [0.2, 0.25) is 0 Å². The van der Waals surface area contributed by atoms with Crippen LogP contribution < -0.4 is 10.6 Å². The lowest BCUT2D eigenvalue weighted by Crippen LogP contribution is -2.16. The third kappa shape index (κ3) is 1.93. The van der Waals surface area contributed by atoms with Gasteiger partial charge in [-0.2, -0.15) is 0 Å². The van der Waals surface area contributed by atoms with Crippen LogP contribution in [0.3, 0.4) is 0 Å². The fraction of sp³-hybridized carbons (Fsp3) is 0.455. The van der Waals surface area contributed by atoms with Gasteiger partial charge in [0.15, 0.2) is 11.5 Å². The summed E-state index contributed by atoms with van der Waals surface area (Å²) in [5, 5.41) is 6.40. The number of hydrogen-bond donors (Lipinski definition) is 2. The van der Waals surface area contributed by atoms with Gasteiger partial charge in [0.25, 0.3) is 0 Å². The summed E-state index contributed by atoms with van der Waals surface area (Å²) in [6.07, 6.45) is 6.67. The van der Waals surface area contributed by atoms with Crippen LogP contribution >= 0.6 is 0 Å². The molecule has 0 aromatic carbocycles. The fourth-order valence-corrected chi connectivity index (χ4v) is 1.48. The van der Waals surface area contributed by atoms with Gasteiger partial charge in [-0.1, -0.05) is 6.92 Å². The first-order valence-electron chi connectivity index (χ1n) is 5.52. The molecule has 1 unspecified atom stereocenters. The van der Waals surface area contributed by atoms with Crippen LogP contribution in [0.5, 0.6) is 0 Å². The SMILES string of the molecule is CCC(C)Nc1nc(NC)cn2ccnc12. The van der Waals surface area contributed by atoms with Gasteiger partial charge in [-0.3, -0.25) is 0 Å². The summed E-state index contributed by atoms with van der Waals surface area (Å²) in [5.74, 6) is 1.66. The number of nitrogens with zero attached hydrogens (tertiary/aromatic N) is 3. The Hall–Kier alpha value is -1.78. The zero-order valence-electron chi connectivity index (χ0n) is 9.86. The van der Waals surface area contributed by atoms with E-state index in [9.17, 15) is 0 Å². The molecule has 0 aliphatic heterocycles. The van der Waals surface area contributed by atoms with Crippen molar-refractivity contribution in [2.75, 3.05) is 17.7 Å². The van der Waals surface area contributed by atoms with E-state index in [0.29, 0.717) is 6.04 Å². The van der Waals surface area contributed by atoms with Gasteiger partial charge in [-0.05, 0) is 13.3 Å². The van der Waals surface area contributed by atoms with E-state index in [2.05, 4.69) is 34.4 Å². The van der Waals surface area contributed by atoms with Crippen LogP contribution in [-0.2, 0) is 0 Å². The molecule has 0 aliphatic rings. The summed E-state index contributed by atoms with van der Waals surface area (Å²) >= 11 is 0. The molecule has 86 valence electrons. The number of hydrogen-bond acceptors (Lipinski definition) is 4.